The van der Waals surface area contributed by atoms with Gasteiger partial charge in [0.25, 0.3) is 5.91 Å². The average molecular weight is 260 g/mol. The van der Waals surface area contributed by atoms with Crippen LogP contribution in [0.5, 0.6) is 0 Å². The summed E-state index contributed by atoms with van der Waals surface area (Å²) in [7, 11) is 1.80. The van der Waals surface area contributed by atoms with Gasteiger partial charge in [-0.15, -0.1) is 0 Å². The van der Waals surface area contributed by atoms with Crippen LogP contribution < -0.4 is 10.6 Å². The topological polar surface area (TPSA) is 80.0 Å². The Balaban J connectivity index is 1.96. The van der Waals surface area contributed by atoms with Crippen LogP contribution in [0.15, 0.2) is 29.1 Å². The Morgan fingerprint density at radius 2 is 2.26 bits per heavy atom. The number of rotatable bonds is 5. The van der Waals surface area contributed by atoms with Crippen molar-refractivity contribution in [2.45, 2.75) is 13.3 Å². The van der Waals surface area contributed by atoms with E-state index in [4.69, 9.17) is 0 Å². The van der Waals surface area contributed by atoms with Gasteiger partial charge in [-0.05, 0) is 24.6 Å². The lowest BCUT2D eigenvalue weighted by molar-refractivity contribution is 0.0954. The van der Waals surface area contributed by atoms with Crippen LogP contribution >= 0.6 is 0 Å². The van der Waals surface area contributed by atoms with Gasteiger partial charge in [0, 0.05) is 25.7 Å². The molecule has 100 valence electrons. The summed E-state index contributed by atoms with van der Waals surface area (Å²) in [5.41, 5.74) is 2.55. The van der Waals surface area contributed by atoms with Crippen molar-refractivity contribution in [3.8, 4) is 0 Å². The second-order valence-corrected chi connectivity index (χ2v) is 4.15. The number of nitrogens with one attached hydrogen (secondary N) is 2. The van der Waals surface area contributed by atoms with Crippen molar-refractivity contribution in [3.05, 3.63) is 41.5 Å². The first-order valence-corrected chi connectivity index (χ1v) is 6.02. The van der Waals surface area contributed by atoms with Crippen molar-refractivity contribution >= 4 is 11.6 Å². The van der Waals surface area contributed by atoms with Crippen LogP contribution in [0.25, 0.3) is 0 Å². The fraction of sp³-hybridized carbons (Fsp3) is 0.308. The van der Waals surface area contributed by atoms with E-state index in [2.05, 4.69) is 25.3 Å². The van der Waals surface area contributed by atoms with Gasteiger partial charge < -0.3 is 15.2 Å². The Morgan fingerprint density at radius 3 is 2.95 bits per heavy atom. The molecule has 1 aromatic carbocycles. The number of amides is 1. The molecule has 0 unspecified atom stereocenters. The van der Waals surface area contributed by atoms with E-state index >= 15 is 0 Å². The lowest BCUT2D eigenvalue weighted by Crippen LogP contribution is -2.26. The lowest BCUT2D eigenvalue weighted by atomic mass is 10.1. The van der Waals surface area contributed by atoms with Crippen molar-refractivity contribution in [3.63, 3.8) is 0 Å². The molecule has 0 bridgehead atoms. The Morgan fingerprint density at radius 1 is 1.42 bits per heavy atom. The van der Waals surface area contributed by atoms with Crippen LogP contribution in [0.1, 0.15) is 21.7 Å². The van der Waals surface area contributed by atoms with E-state index < -0.39 is 0 Å². The van der Waals surface area contributed by atoms with Gasteiger partial charge >= 0.3 is 0 Å². The minimum atomic E-state index is -0.118. The molecule has 0 saturated carbocycles. The first-order valence-electron chi connectivity index (χ1n) is 6.02. The second-order valence-electron chi connectivity index (χ2n) is 4.15. The van der Waals surface area contributed by atoms with E-state index in [0.717, 1.165) is 11.3 Å². The maximum Gasteiger partial charge on any atom is 0.253 e. The molecule has 1 heterocycles. The molecule has 0 spiro atoms. The molecule has 2 N–H and O–H groups in total. The fourth-order valence-electron chi connectivity index (χ4n) is 1.75. The van der Waals surface area contributed by atoms with E-state index in [1.165, 1.54) is 6.39 Å². The number of aromatic nitrogens is 2. The zero-order valence-electron chi connectivity index (χ0n) is 10.9. The molecule has 1 amide bonds. The quantitative estimate of drug-likeness (QED) is 0.849. The summed E-state index contributed by atoms with van der Waals surface area (Å²) in [4.78, 5) is 15.9. The third-order valence-electron chi connectivity index (χ3n) is 2.73. The molecule has 2 aromatic rings. The van der Waals surface area contributed by atoms with Gasteiger partial charge in [-0.25, -0.2) is 0 Å². The first-order chi connectivity index (χ1) is 9.20. The van der Waals surface area contributed by atoms with Gasteiger partial charge in [-0.2, -0.15) is 4.98 Å². The Bertz CT molecular complexity index is 552. The van der Waals surface area contributed by atoms with E-state index in [-0.39, 0.29) is 5.91 Å². The Kier molecular flexibility index (Phi) is 4.12. The summed E-state index contributed by atoms with van der Waals surface area (Å²) in [5.74, 6) is 0.464. The highest BCUT2D eigenvalue weighted by Crippen LogP contribution is 2.16. The molecule has 0 fully saturated rings. The highest BCUT2D eigenvalue weighted by atomic mass is 16.5. The van der Waals surface area contributed by atoms with Crippen LogP contribution in [0.2, 0.25) is 0 Å². The number of anilines is 1. The third kappa shape index (κ3) is 3.31. The molecular weight excluding hydrogens is 244 g/mol. The molecule has 0 aliphatic heterocycles. The number of carbonyl (C=O) groups is 1. The van der Waals surface area contributed by atoms with Gasteiger partial charge in [0.05, 0.1) is 5.56 Å². The van der Waals surface area contributed by atoms with Crippen LogP contribution in [-0.2, 0) is 6.42 Å². The van der Waals surface area contributed by atoms with E-state index in [1.54, 1.807) is 7.05 Å². The van der Waals surface area contributed by atoms with Crippen LogP contribution in [-0.4, -0.2) is 29.6 Å². The number of aryl methyl sites for hydroxylation is 1. The molecule has 0 radical (unpaired) electrons. The number of benzene rings is 1. The fourth-order valence-corrected chi connectivity index (χ4v) is 1.75. The summed E-state index contributed by atoms with van der Waals surface area (Å²) < 4.78 is 4.62. The molecule has 2 rings (SSSR count). The molecule has 6 nitrogen and oxygen atoms in total. The smallest absolute Gasteiger partial charge is 0.253 e. The van der Waals surface area contributed by atoms with Gasteiger partial charge in [0.2, 0.25) is 6.39 Å². The normalized spacial score (nSPS) is 10.2. The minimum absolute atomic E-state index is 0.118. The minimum Gasteiger partial charge on any atom is -0.387 e. The summed E-state index contributed by atoms with van der Waals surface area (Å²) in [6.45, 7) is 2.45. The zero-order valence-corrected chi connectivity index (χ0v) is 10.9. The van der Waals surface area contributed by atoms with Crippen molar-refractivity contribution in [1.82, 2.24) is 15.5 Å². The summed E-state index contributed by atoms with van der Waals surface area (Å²) in [5, 5.41) is 9.53. The monoisotopic (exact) mass is 260 g/mol. The van der Waals surface area contributed by atoms with E-state index in [1.807, 2.05) is 25.1 Å². The summed E-state index contributed by atoms with van der Waals surface area (Å²) >= 11 is 0. The van der Waals surface area contributed by atoms with Crippen molar-refractivity contribution in [2.24, 2.45) is 0 Å². The SMILES string of the molecule is CNc1cc(C)ccc1C(=O)NCCc1ncon1. The molecule has 6 heteroatoms. The van der Waals surface area contributed by atoms with Crippen molar-refractivity contribution in [1.29, 1.82) is 0 Å². The number of hydrogen-bond acceptors (Lipinski definition) is 5. The third-order valence-corrected chi connectivity index (χ3v) is 2.73. The maximum atomic E-state index is 12.0. The van der Waals surface area contributed by atoms with Crippen LogP contribution in [0.3, 0.4) is 0 Å². The summed E-state index contributed by atoms with van der Waals surface area (Å²) in [6, 6.07) is 5.66. The number of nitrogens with zero attached hydrogens (tertiary/aromatic N) is 2. The lowest BCUT2D eigenvalue weighted by Gasteiger charge is -2.10. The predicted molar refractivity (Wildman–Crippen MR) is 71.1 cm³/mol. The van der Waals surface area contributed by atoms with Gasteiger partial charge in [0.1, 0.15) is 0 Å². The van der Waals surface area contributed by atoms with Gasteiger partial charge in [-0.3, -0.25) is 4.79 Å². The highest BCUT2D eigenvalue weighted by Gasteiger charge is 2.10. The van der Waals surface area contributed by atoms with Crippen molar-refractivity contribution < 1.29 is 9.32 Å². The van der Waals surface area contributed by atoms with Gasteiger partial charge in [0.15, 0.2) is 5.82 Å². The number of hydrogen-bond donors (Lipinski definition) is 2. The molecule has 1 aromatic heterocycles. The average Bonchev–Trinajstić information content (AvgIpc) is 2.91. The Labute approximate surface area is 111 Å². The van der Waals surface area contributed by atoms with E-state index in [0.29, 0.717) is 24.4 Å². The molecule has 0 aliphatic rings. The standard InChI is InChI=1S/C13H16N4O2/c1-9-3-4-10(11(7-9)14-2)13(18)15-6-5-12-16-8-19-17-12/h3-4,7-8,14H,5-6H2,1-2H3,(H,15,18). The molecular formula is C13H16N4O2. The molecule has 0 atom stereocenters. The summed E-state index contributed by atoms with van der Waals surface area (Å²) in [6.07, 6.45) is 1.82. The Hall–Kier alpha value is -2.37. The maximum absolute atomic E-state index is 12.0. The molecule has 0 aliphatic carbocycles. The van der Waals surface area contributed by atoms with Crippen molar-refractivity contribution in [2.75, 3.05) is 18.9 Å². The largest absolute Gasteiger partial charge is 0.387 e. The molecule has 0 saturated heterocycles. The second kappa shape index (κ2) is 5.99. The first kappa shape index (κ1) is 13.1. The van der Waals surface area contributed by atoms with Gasteiger partial charge in [-0.1, -0.05) is 11.2 Å². The molecule has 19 heavy (non-hydrogen) atoms. The van der Waals surface area contributed by atoms with Crippen LogP contribution in [0.4, 0.5) is 5.69 Å². The number of carbonyl (C=O) groups excluding carboxylic acids is 1. The van der Waals surface area contributed by atoms with Crippen LogP contribution in [0, 0.1) is 6.92 Å². The predicted octanol–water partition coefficient (Wildman–Crippen LogP) is 1.39. The van der Waals surface area contributed by atoms with E-state index in [9.17, 15) is 4.79 Å². The highest BCUT2D eigenvalue weighted by molar-refractivity contribution is 5.99. The zero-order chi connectivity index (χ0) is 13.7.